The number of pyridine rings is 2. The number of benzene rings is 1. The maximum absolute atomic E-state index is 11.8. The lowest BCUT2D eigenvalue weighted by Crippen LogP contribution is -2.07. The van der Waals surface area contributed by atoms with Crippen LogP contribution in [0, 0.1) is 0 Å². The van der Waals surface area contributed by atoms with Gasteiger partial charge in [-0.15, -0.1) is 0 Å². The SMILES string of the molecule is O=c1[nH]c2ccccc2c2ccnc(Cl)c12. The highest BCUT2D eigenvalue weighted by molar-refractivity contribution is 6.35. The van der Waals surface area contributed by atoms with Crippen molar-refractivity contribution in [2.24, 2.45) is 0 Å². The van der Waals surface area contributed by atoms with E-state index in [4.69, 9.17) is 11.6 Å². The number of rotatable bonds is 0. The number of hydrogen-bond acceptors (Lipinski definition) is 2. The van der Waals surface area contributed by atoms with Crippen LogP contribution in [-0.4, -0.2) is 9.97 Å². The third-order valence-electron chi connectivity index (χ3n) is 2.60. The number of aromatic nitrogens is 2. The molecule has 0 aliphatic carbocycles. The zero-order chi connectivity index (χ0) is 11.1. The first-order chi connectivity index (χ1) is 7.77. The van der Waals surface area contributed by atoms with Crippen molar-refractivity contribution >= 4 is 33.3 Å². The molecular formula is C12H7ClN2O. The third kappa shape index (κ3) is 1.22. The molecule has 1 N–H and O–H groups in total. The summed E-state index contributed by atoms with van der Waals surface area (Å²) in [5.74, 6) is 0. The standard InChI is InChI=1S/C12H7ClN2O/c13-11-10-8(5-6-14-11)7-3-1-2-4-9(7)15-12(10)16/h1-6H,(H,15,16). The maximum Gasteiger partial charge on any atom is 0.259 e. The number of hydrogen-bond donors (Lipinski definition) is 1. The van der Waals surface area contributed by atoms with Gasteiger partial charge in [0.25, 0.3) is 5.56 Å². The summed E-state index contributed by atoms with van der Waals surface area (Å²) < 4.78 is 0. The molecule has 2 heterocycles. The Morgan fingerprint density at radius 2 is 1.94 bits per heavy atom. The van der Waals surface area contributed by atoms with Crippen molar-refractivity contribution < 1.29 is 0 Å². The molecule has 0 aliphatic heterocycles. The molecule has 16 heavy (non-hydrogen) atoms. The van der Waals surface area contributed by atoms with Crippen molar-refractivity contribution in [2.75, 3.05) is 0 Å². The van der Waals surface area contributed by atoms with E-state index in [2.05, 4.69) is 9.97 Å². The quantitative estimate of drug-likeness (QED) is 0.477. The van der Waals surface area contributed by atoms with Gasteiger partial charge in [0.05, 0.1) is 5.39 Å². The van der Waals surface area contributed by atoms with Crippen molar-refractivity contribution in [3.8, 4) is 0 Å². The van der Waals surface area contributed by atoms with Crippen LogP contribution in [0.3, 0.4) is 0 Å². The van der Waals surface area contributed by atoms with Crippen molar-refractivity contribution in [3.05, 3.63) is 52.0 Å². The van der Waals surface area contributed by atoms with Crippen LogP contribution in [0.25, 0.3) is 21.7 Å². The number of nitrogens with zero attached hydrogens (tertiary/aromatic N) is 1. The fourth-order valence-electron chi connectivity index (χ4n) is 1.89. The number of fused-ring (bicyclic) bond motifs is 3. The molecule has 0 unspecified atom stereocenters. The molecule has 3 aromatic rings. The molecule has 1 aromatic carbocycles. The summed E-state index contributed by atoms with van der Waals surface area (Å²) in [6, 6.07) is 9.43. The van der Waals surface area contributed by atoms with E-state index in [9.17, 15) is 4.79 Å². The number of halogens is 1. The van der Waals surface area contributed by atoms with Gasteiger partial charge in [-0.3, -0.25) is 4.79 Å². The van der Waals surface area contributed by atoms with Gasteiger partial charge in [0.15, 0.2) is 0 Å². The predicted octanol–water partition coefficient (Wildman–Crippen LogP) is 2.73. The average molecular weight is 231 g/mol. The number of para-hydroxylation sites is 1. The molecule has 0 bridgehead atoms. The first-order valence-electron chi connectivity index (χ1n) is 4.82. The monoisotopic (exact) mass is 230 g/mol. The van der Waals surface area contributed by atoms with Crippen LogP contribution >= 0.6 is 11.6 Å². The van der Waals surface area contributed by atoms with Crippen molar-refractivity contribution in [2.45, 2.75) is 0 Å². The average Bonchev–Trinajstić information content (AvgIpc) is 2.29. The second-order valence-electron chi connectivity index (χ2n) is 3.52. The lowest BCUT2D eigenvalue weighted by atomic mass is 10.1. The lowest BCUT2D eigenvalue weighted by Gasteiger charge is -2.03. The van der Waals surface area contributed by atoms with Gasteiger partial charge >= 0.3 is 0 Å². The van der Waals surface area contributed by atoms with Crippen LogP contribution in [0.5, 0.6) is 0 Å². The molecule has 0 saturated carbocycles. The second kappa shape index (κ2) is 3.32. The smallest absolute Gasteiger partial charge is 0.259 e. The zero-order valence-electron chi connectivity index (χ0n) is 8.20. The van der Waals surface area contributed by atoms with Crippen LogP contribution < -0.4 is 5.56 Å². The largest absolute Gasteiger partial charge is 0.321 e. The summed E-state index contributed by atoms with van der Waals surface area (Å²) in [4.78, 5) is 18.5. The van der Waals surface area contributed by atoms with E-state index in [0.717, 1.165) is 16.3 Å². The Morgan fingerprint density at radius 3 is 2.81 bits per heavy atom. The minimum absolute atomic E-state index is 0.202. The highest BCUT2D eigenvalue weighted by Gasteiger charge is 2.07. The summed E-state index contributed by atoms with van der Waals surface area (Å²) in [5.41, 5.74) is 0.606. The number of nitrogens with one attached hydrogen (secondary N) is 1. The van der Waals surface area contributed by atoms with Gasteiger partial charge in [-0.05, 0) is 12.1 Å². The molecule has 0 atom stereocenters. The molecule has 0 radical (unpaired) electrons. The van der Waals surface area contributed by atoms with Crippen LogP contribution in [0.1, 0.15) is 0 Å². The third-order valence-corrected chi connectivity index (χ3v) is 2.88. The Bertz CT molecular complexity index is 749. The molecular weight excluding hydrogens is 224 g/mol. The Kier molecular flexibility index (Phi) is 1.94. The molecule has 0 spiro atoms. The Labute approximate surface area is 95.7 Å². The molecule has 0 fully saturated rings. The zero-order valence-corrected chi connectivity index (χ0v) is 8.95. The van der Waals surface area contributed by atoms with Gasteiger partial charge < -0.3 is 4.98 Å². The summed E-state index contributed by atoms with van der Waals surface area (Å²) >= 11 is 5.93. The molecule has 3 rings (SSSR count). The predicted molar refractivity (Wildman–Crippen MR) is 64.9 cm³/mol. The van der Waals surface area contributed by atoms with Crippen molar-refractivity contribution in [3.63, 3.8) is 0 Å². The Hall–Kier alpha value is -1.87. The second-order valence-corrected chi connectivity index (χ2v) is 3.88. The van der Waals surface area contributed by atoms with Gasteiger partial charge in [-0.1, -0.05) is 29.8 Å². The highest BCUT2D eigenvalue weighted by atomic mass is 35.5. The fourth-order valence-corrected chi connectivity index (χ4v) is 2.13. The van der Waals surface area contributed by atoms with E-state index < -0.39 is 0 Å². The van der Waals surface area contributed by atoms with Gasteiger partial charge in [0, 0.05) is 22.5 Å². The van der Waals surface area contributed by atoms with E-state index in [1.54, 1.807) is 12.3 Å². The van der Waals surface area contributed by atoms with E-state index in [1.807, 2.05) is 24.3 Å². The molecule has 0 saturated heterocycles. The summed E-state index contributed by atoms with van der Waals surface area (Å²) in [6.45, 7) is 0. The normalized spacial score (nSPS) is 11.1. The Balaban J connectivity index is 2.71. The summed E-state index contributed by atoms with van der Waals surface area (Å²) in [7, 11) is 0. The highest BCUT2D eigenvalue weighted by Crippen LogP contribution is 2.23. The molecule has 0 aliphatic rings. The van der Waals surface area contributed by atoms with E-state index in [-0.39, 0.29) is 10.7 Å². The minimum atomic E-state index is -0.202. The van der Waals surface area contributed by atoms with Gasteiger partial charge in [-0.25, -0.2) is 4.98 Å². The van der Waals surface area contributed by atoms with Crippen molar-refractivity contribution in [1.82, 2.24) is 9.97 Å². The van der Waals surface area contributed by atoms with Crippen LogP contribution in [0.2, 0.25) is 5.15 Å². The van der Waals surface area contributed by atoms with E-state index in [1.165, 1.54) is 0 Å². The molecule has 78 valence electrons. The first-order valence-corrected chi connectivity index (χ1v) is 5.20. The van der Waals surface area contributed by atoms with Crippen LogP contribution in [0.4, 0.5) is 0 Å². The molecule has 4 heteroatoms. The van der Waals surface area contributed by atoms with Gasteiger partial charge in [-0.2, -0.15) is 0 Å². The molecule has 2 aromatic heterocycles. The maximum atomic E-state index is 11.8. The van der Waals surface area contributed by atoms with Crippen LogP contribution in [0.15, 0.2) is 41.3 Å². The molecule has 0 amide bonds. The topological polar surface area (TPSA) is 45.8 Å². The minimum Gasteiger partial charge on any atom is -0.321 e. The van der Waals surface area contributed by atoms with Crippen LogP contribution in [-0.2, 0) is 0 Å². The Morgan fingerprint density at radius 1 is 1.12 bits per heavy atom. The number of aromatic amines is 1. The summed E-state index contributed by atoms with van der Waals surface area (Å²) in [5, 5.41) is 2.49. The lowest BCUT2D eigenvalue weighted by molar-refractivity contribution is 1.30. The van der Waals surface area contributed by atoms with E-state index >= 15 is 0 Å². The fraction of sp³-hybridized carbons (Fsp3) is 0. The van der Waals surface area contributed by atoms with Gasteiger partial charge in [0.2, 0.25) is 0 Å². The van der Waals surface area contributed by atoms with Gasteiger partial charge in [0.1, 0.15) is 5.15 Å². The summed E-state index contributed by atoms with van der Waals surface area (Å²) in [6.07, 6.45) is 1.61. The first kappa shape index (κ1) is 9.36. The van der Waals surface area contributed by atoms with E-state index in [0.29, 0.717) is 5.39 Å². The van der Waals surface area contributed by atoms with Crippen molar-refractivity contribution in [1.29, 1.82) is 0 Å². The number of H-pyrrole nitrogens is 1. The molecule has 3 nitrogen and oxygen atoms in total.